The van der Waals surface area contributed by atoms with Crippen LogP contribution in [0.4, 0.5) is 5.69 Å². The summed E-state index contributed by atoms with van der Waals surface area (Å²) in [6.45, 7) is 4.66. The van der Waals surface area contributed by atoms with Crippen LogP contribution < -0.4 is 10.1 Å². The van der Waals surface area contributed by atoms with E-state index in [9.17, 15) is 0 Å². The largest absolute Gasteiger partial charge is 0.497 e. The summed E-state index contributed by atoms with van der Waals surface area (Å²) in [4.78, 5) is 0. The molecule has 1 aliphatic rings. The molecule has 1 N–H and O–H groups in total. The van der Waals surface area contributed by atoms with Crippen LogP contribution >= 0.6 is 11.6 Å². The molecule has 1 fully saturated rings. The van der Waals surface area contributed by atoms with E-state index < -0.39 is 0 Å². The maximum absolute atomic E-state index is 6.23. The Morgan fingerprint density at radius 2 is 1.83 bits per heavy atom. The lowest BCUT2D eigenvalue weighted by atomic mass is 9.80. The fraction of sp³-hybridized carbons (Fsp3) is 0.600. The molecule has 18 heavy (non-hydrogen) atoms. The summed E-state index contributed by atoms with van der Waals surface area (Å²) in [7, 11) is 1.68. The average molecular weight is 268 g/mol. The summed E-state index contributed by atoms with van der Waals surface area (Å²) in [5, 5.41) is 4.34. The summed E-state index contributed by atoms with van der Waals surface area (Å²) >= 11 is 6.23. The van der Waals surface area contributed by atoms with Gasteiger partial charge in [-0.1, -0.05) is 25.4 Å². The van der Waals surface area contributed by atoms with E-state index in [4.69, 9.17) is 16.3 Å². The Morgan fingerprint density at radius 1 is 1.17 bits per heavy atom. The van der Waals surface area contributed by atoms with Gasteiger partial charge >= 0.3 is 0 Å². The second kappa shape index (κ2) is 5.83. The Morgan fingerprint density at radius 3 is 2.44 bits per heavy atom. The highest BCUT2D eigenvalue weighted by atomic mass is 35.5. The first-order chi connectivity index (χ1) is 8.58. The van der Waals surface area contributed by atoms with E-state index in [1.807, 2.05) is 18.2 Å². The first-order valence-electron chi connectivity index (χ1n) is 6.68. The maximum atomic E-state index is 6.23. The van der Waals surface area contributed by atoms with Crippen LogP contribution in [0, 0.1) is 11.8 Å². The van der Waals surface area contributed by atoms with Crippen LogP contribution in [0.3, 0.4) is 0 Å². The van der Waals surface area contributed by atoms with Crippen molar-refractivity contribution in [3.05, 3.63) is 23.2 Å². The number of methoxy groups -OCH3 is 1. The predicted molar refractivity (Wildman–Crippen MR) is 77.6 cm³/mol. The number of hydrogen-bond acceptors (Lipinski definition) is 2. The lowest BCUT2D eigenvalue weighted by Gasteiger charge is -2.32. The Bertz CT molecular complexity index is 397. The number of ether oxygens (including phenoxy) is 1. The first kappa shape index (κ1) is 13.5. The van der Waals surface area contributed by atoms with Gasteiger partial charge in [0.1, 0.15) is 5.75 Å². The number of halogens is 1. The highest BCUT2D eigenvalue weighted by Gasteiger charge is 2.24. The van der Waals surface area contributed by atoms with Crippen molar-refractivity contribution < 1.29 is 4.74 Å². The van der Waals surface area contributed by atoms with Gasteiger partial charge in [0.15, 0.2) is 0 Å². The van der Waals surface area contributed by atoms with E-state index in [1.54, 1.807) is 7.11 Å². The molecule has 2 unspecified atom stereocenters. The second-order valence-electron chi connectivity index (χ2n) is 5.60. The molecule has 0 heterocycles. The maximum Gasteiger partial charge on any atom is 0.121 e. The molecule has 100 valence electrons. The molecule has 0 aromatic heterocycles. The van der Waals surface area contributed by atoms with Gasteiger partial charge in [-0.25, -0.2) is 0 Å². The third-order valence-corrected chi connectivity index (χ3v) is 4.04. The van der Waals surface area contributed by atoms with Gasteiger partial charge in [0.2, 0.25) is 0 Å². The SMILES string of the molecule is COc1ccc(Cl)c(NC2CC(C)CC(C)C2)c1. The molecule has 0 spiro atoms. The lowest BCUT2D eigenvalue weighted by molar-refractivity contribution is 0.281. The van der Waals surface area contributed by atoms with Gasteiger partial charge in [-0.3, -0.25) is 0 Å². The number of anilines is 1. The Kier molecular flexibility index (Phi) is 4.39. The highest BCUT2D eigenvalue weighted by molar-refractivity contribution is 6.33. The Balaban J connectivity index is 2.08. The number of benzene rings is 1. The zero-order valence-corrected chi connectivity index (χ0v) is 12.1. The standard InChI is InChI=1S/C15H22ClNO/c1-10-6-11(2)8-12(7-10)17-15-9-13(18-3)4-5-14(15)16/h4-5,9-12,17H,6-8H2,1-3H3. The van der Waals surface area contributed by atoms with Crippen molar-refractivity contribution in [3.63, 3.8) is 0 Å². The molecular weight excluding hydrogens is 246 g/mol. The van der Waals surface area contributed by atoms with E-state index >= 15 is 0 Å². The average Bonchev–Trinajstić information content (AvgIpc) is 2.30. The molecule has 0 saturated heterocycles. The van der Waals surface area contributed by atoms with Crippen LogP contribution in [0.2, 0.25) is 5.02 Å². The summed E-state index contributed by atoms with van der Waals surface area (Å²) in [5.41, 5.74) is 0.988. The molecule has 1 aromatic carbocycles. The molecule has 0 aliphatic heterocycles. The van der Waals surface area contributed by atoms with E-state index in [0.29, 0.717) is 6.04 Å². The van der Waals surface area contributed by atoms with E-state index in [2.05, 4.69) is 19.2 Å². The van der Waals surface area contributed by atoms with Crippen molar-refractivity contribution in [1.29, 1.82) is 0 Å². The molecule has 1 aliphatic carbocycles. The quantitative estimate of drug-likeness (QED) is 0.865. The number of nitrogens with one attached hydrogen (secondary N) is 1. The molecule has 2 rings (SSSR count). The van der Waals surface area contributed by atoms with Gasteiger partial charge in [-0.15, -0.1) is 0 Å². The molecule has 2 nitrogen and oxygen atoms in total. The van der Waals surface area contributed by atoms with Gasteiger partial charge < -0.3 is 10.1 Å². The third-order valence-electron chi connectivity index (χ3n) is 3.71. The summed E-state index contributed by atoms with van der Waals surface area (Å²) in [5.74, 6) is 2.42. The van der Waals surface area contributed by atoms with Crippen LogP contribution in [-0.2, 0) is 0 Å². The van der Waals surface area contributed by atoms with Crippen molar-refractivity contribution in [3.8, 4) is 5.75 Å². The van der Waals surface area contributed by atoms with Gasteiger partial charge in [0, 0.05) is 12.1 Å². The molecule has 1 aromatic rings. The normalized spacial score (nSPS) is 27.9. The zero-order chi connectivity index (χ0) is 13.1. The Hall–Kier alpha value is -0.890. The van der Waals surface area contributed by atoms with Crippen LogP contribution in [0.1, 0.15) is 33.1 Å². The summed E-state index contributed by atoms with van der Waals surface area (Å²) in [6.07, 6.45) is 3.78. The van der Waals surface area contributed by atoms with E-state index in [0.717, 1.165) is 28.3 Å². The van der Waals surface area contributed by atoms with E-state index in [1.165, 1.54) is 19.3 Å². The summed E-state index contributed by atoms with van der Waals surface area (Å²) in [6, 6.07) is 6.28. The van der Waals surface area contributed by atoms with Gasteiger partial charge in [0.25, 0.3) is 0 Å². The number of hydrogen-bond donors (Lipinski definition) is 1. The predicted octanol–water partition coefficient (Wildman–Crippen LogP) is 4.59. The van der Waals surface area contributed by atoms with Crippen LogP contribution in [0.15, 0.2) is 18.2 Å². The van der Waals surface area contributed by atoms with E-state index in [-0.39, 0.29) is 0 Å². The number of rotatable bonds is 3. The van der Waals surface area contributed by atoms with Crippen molar-refractivity contribution >= 4 is 17.3 Å². The third kappa shape index (κ3) is 3.32. The lowest BCUT2D eigenvalue weighted by Crippen LogP contribution is -2.30. The van der Waals surface area contributed by atoms with Gasteiger partial charge in [-0.2, -0.15) is 0 Å². The molecule has 0 radical (unpaired) electrons. The molecule has 2 atom stereocenters. The molecule has 1 saturated carbocycles. The van der Waals surface area contributed by atoms with Gasteiger partial charge in [-0.05, 0) is 43.2 Å². The molecular formula is C15H22ClNO. The molecule has 0 amide bonds. The van der Waals surface area contributed by atoms with Crippen molar-refractivity contribution in [2.75, 3.05) is 12.4 Å². The monoisotopic (exact) mass is 267 g/mol. The van der Waals surface area contributed by atoms with Crippen LogP contribution in [-0.4, -0.2) is 13.2 Å². The van der Waals surface area contributed by atoms with Crippen molar-refractivity contribution in [2.45, 2.75) is 39.2 Å². The minimum Gasteiger partial charge on any atom is -0.497 e. The summed E-state index contributed by atoms with van der Waals surface area (Å²) < 4.78 is 5.24. The van der Waals surface area contributed by atoms with Crippen molar-refractivity contribution in [1.82, 2.24) is 0 Å². The highest BCUT2D eigenvalue weighted by Crippen LogP contribution is 2.33. The van der Waals surface area contributed by atoms with Crippen LogP contribution in [0.25, 0.3) is 0 Å². The molecule has 3 heteroatoms. The zero-order valence-electron chi connectivity index (χ0n) is 11.4. The Labute approximate surface area is 115 Å². The fourth-order valence-electron chi connectivity index (χ4n) is 3.03. The van der Waals surface area contributed by atoms with Gasteiger partial charge in [0.05, 0.1) is 17.8 Å². The minimum atomic E-state index is 0.522. The molecule has 0 bridgehead atoms. The second-order valence-corrected chi connectivity index (χ2v) is 6.01. The van der Waals surface area contributed by atoms with Crippen molar-refractivity contribution in [2.24, 2.45) is 11.8 Å². The minimum absolute atomic E-state index is 0.522. The smallest absolute Gasteiger partial charge is 0.121 e. The van der Waals surface area contributed by atoms with Crippen LogP contribution in [0.5, 0.6) is 5.75 Å². The fourth-order valence-corrected chi connectivity index (χ4v) is 3.20. The topological polar surface area (TPSA) is 21.3 Å². The first-order valence-corrected chi connectivity index (χ1v) is 7.06.